The Morgan fingerprint density at radius 2 is 1.58 bits per heavy atom. The molecular formula is C27H46O5Si. The third kappa shape index (κ3) is 3.48. The lowest BCUT2D eigenvalue weighted by molar-refractivity contribution is -0.143. The summed E-state index contributed by atoms with van der Waals surface area (Å²) in [6, 6.07) is 0. The van der Waals surface area contributed by atoms with Gasteiger partial charge in [0.15, 0.2) is 14.1 Å². The van der Waals surface area contributed by atoms with Crippen LogP contribution in [0.1, 0.15) is 87.0 Å². The molecule has 4 rings (SSSR count). The monoisotopic (exact) mass is 478 g/mol. The molecule has 0 amide bonds. The highest BCUT2D eigenvalue weighted by molar-refractivity contribution is 6.74. The van der Waals surface area contributed by atoms with Crippen LogP contribution in [-0.4, -0.2) is 43.1 Å². The molecule has 1 spiro atoms. The molecule has 0 aliphatic heterocycles. The van der Waals surface area contributed by atoms with E-state index in [-0.39, 0.29) is 46.9 Å². The molecule has 6 heteroatoms. The summed E-state index contributed by atoms with van der Waals surface area (Å²) < 4.78 is 19.4. The number of hydrogen-bond donors (Lipinski definition) is 1. The van der Waals surface area contributed by atoms with Crippen LogP contribution in [0.4, 0.5) is 0 Å². The van der Waals surface area contributed by atoms with E-state index in [9.17, 15) is 9.90 Å². The van der Waals surface area contributed by atoms with Gasteiger partial charge in [-0.1, -0.05) is 33.6 Å². The van der Waals surface area contributed by atoms with Gasteiger partial charge in [0.1, 0.15) is 5.60 Å². The van der Waals surface area contributed by atoms with Crippen molar-refractivity contribution >= 4 is 14.1 Å². The minimum absolute atomic E-state index is 0.0164. The van der Waals surface area contributed by atoms with Crippen LogP contribution in [-0.2, 0) is 18.7 Å². The molecule has 0 heterocycles. The third-order valence-electron chi connectivity index (χ3n) is 9.42. The molecule has 1 N–H and O–H groups in total. The lowest BCUT2D eigenvalue weighted by Crippen LogP contribution is -2.52. The van der Waals surface area contributed by atoms with Gasteiger partial charge in [0.25, 0.3) is 0 Å². The Morgan fingerprint density at radius 1 is 0.970 bits per heavy atom. The summed E-state index contributed by atoms with van der Waals surface area (Å²) in [5.41, 5.74) is -2.12. The normalized spacial score (nSPS) is 38.7. The lowest BCUT2D eigenvalue weighted by Gasteiger charge is -2.46. The van der Waals surface area contributed by atoms with Gasteiger partial charge in [-0.25, -0.2) is 0 Å². The molecular weight excluding hydrogens is 432 g/mol. The van der Waals surface area contributed by atoms with Crippen LogP contribution < -0.4 is 0 Å². The molecule has 0 aromatic carbocycles. The molecule has 3 fully saturated rings. The number of hydrogen-bond acceptors (Lipinski definition) is 5. The predicted molar refractivity (Wildman–Crippen MR) is 132 cm³/mol. The van der Waals surface area contributed by atoms with Crippen molar-refractivity contribution in [1.82, 2.24) is 0 Å². The third-order valence-corrected chi connectivity index (χ3v) is 13.9. The van der Waals surface area contributed by atoms with Crippen LogP contribution in [0.25, 0.3) is 0 Å². The second-order valence-corrected chi connectivity index (χ2v) is 17.8. The zero-order chi connectivity index (χ0) is 24.6. The Kier molecular flexibility index (Phi) is 6.19. The number of allylic oxidation sites excluding steroid dienone is 1. The highest BCUT2D eigenvalue weighted by Crippen LogP contribution is 2.73. The van der Waals surface area contributed by atoms with Crippen molar-refractivity contribution in [2.45, 2.75) is 129 Å². The van der Waals surface area contributed by atoms with Crippen LogP contribution in [0, 0.1) is 23.2 Å². The molecule has 0 saturated heterocycles. The van der Waals surface area contributed by atoms with Crippen LogP contribution in [0.3, 0.4) is 0 Å². The number of aliphatic hydroxyl groups is 1. The number of rotatable bonds is 6. The Labute approximate surface area is 201 Å². The van der Waals surface area contributed by atoms with Crippen molar-refractivity contribution in [3.05, 3.63) is 11.5 Å². The Hall–Kier alpha value is -0.853. The van der Waals surface area contributed by atoms with Crippen molar-refractivity contribution in [2.24, 2.45) is 23.2 Å². The summed E-state index contributed by atoms with van der Waals surface area (Å²) >= 11 is 0. The van der Waals surface area contributed by atoms with Crippen LogP contribution in [0.5, 0.6) is 0 Å². The number of carbonyl (C=O) groups is 1. The highest BCUT2D eigenvalue weighted by atomic mass is 28.4. The smallest absolute Gasteiger partial charge is 0.210 e. The average molecular weight is 479 g/mol. The van der Waals surface area contributed by atoms with E-state index in [4.69, 9.17) is 13.9 Å². The molecule has 0 aromatic heterocycles. The van der Waals surface area contributed by atoms with E-state index < -0.39 is 19.3 Å². The van der Waals surface area contributed by atoms with E-state index in [0.717, 1.165) is 32.1 Å². The molecule has 188 valence electrons. The van der Waals surface area contributed by atoms with Crippen molar-refractivity contribution < 1.29 is 23.8 Å². The maximum atomic E-state index is 14.2. The first kappa shape index (κ1) is 25.2. The zero-order valence-electron chi connectivity index (χ0n) is 22.3. The van der Waals surface area contributed by atoms with Crippen molar-refractivity contribution in [1.29, 1.82) is 0 Å². The largest absolute Gasteiger partial charge is 0.488 e. The Morgan fingerprint density at radius 3 is 2.15 bits per heavy atom. The number of fused-ring (bicyclic) bond motifs is 3. The van der Waals surface area contributed by atoms with Crippen LogP contribution in [0.2, 0.25) is 18.1 Å². The summed E-state index contributed by atoms with van der Waals surface area (Å²) in [4.78, 5) is 14.2. The predicted octanol–water partition coefficient (Wildman–Crippen LogP) is 5.97. The summed E-state index contributed by atoms with van der Waals surface area (Å²) in [6.45, 7) is 19.3. The van der Waals surface area contributed by atoms with Gasteiger partial charge in [-0.15, -0.1) is 0 Å². The van der Waals surface area contributed by atoms with E-state index in [1.165, 1.54) is 0 Å². The number of ether oxygens (including phenoxy) is 2. The van der Waals surface area contributed by atoms with E-state index >= 15 is 0 Å². The van der Waals surface area contributed by atoms with Crippen LogP contribution in [0.15, 0.2) is 11.5 Å². The van der Waals surface area contributed by atoms with Gasteiger partial charge >= 0.3 is 0 Å². The van der Waals surface area contributed by atoms with Gasteiger partial charge in [-0.3, -0.25) is 4.79 Å². The standard InChI is InChI=1S/C27H46O5Si/c1-16(2)30-22-23(28)26-15-11-13-18(26)21-19(27(26,29)24(22)31-17(3)4)12-10-14-20(21)32-33(8,9)25(5,6)7/h16-21,29H,10-15H2,1-9H3/t18-,19-,20+,21+,26-,27-/m1/s1. The summed E-state index contributed by atoms with van der Waals surface area (Å²) in [5, 5.41) is 12.8. The Balaban J connectivity index is 1.82. The second kappa shape index (κ2) is 8.09. The van der Waals surface area contributed by atoms with Gasteiger partial charge in [0.2, 0.25) is 11.5 Å². The molecule has 4 aliphatic carbocycles. The molecule has 5 nitrogen and oxygen atoms in total. The number of Topliss-reactive ketones (excluding diaryl/α,β-unsaturated/α-hetero) is 1. The fourth-order valence-corrected chi connectivity index (χ4v) is 8.67. The van der Waals surface area contributed by atoms with Gasteiger partial charge in [-0.05, 0) is 83.3 Å². The van der Waals surface area contributed by atoms with E-state index in [1.54, 1.807) is 0 Å². The van der Waals surface area contributed by atoms with Gasteiger partial charge in [0.05, 0.1) is 17.6 Å². The maximum Gasteiger partial charge on any atom is 0.210 e. The molecule has 33 heavy (non-hydrogen) atoms. The SMILES string of the molecule is CC(C)OC1=C(OC(C)C)[C@]2(O)[C@@H]3CCC[C@H](O[Si](C)(C)C(C)(C)C)[C@H]3[C@H]3CCC[C@]32C1=O. The quantitative estimate of drug-likeness (QED) is 0.477. The van der Waals surface area contributed by atoms with E-state index in [1.807, 2.05) is 27.7 Å². The van der Waals surface area contributed by atoms with Crippen LogP contribution >= 0.6 is 0 Å². The van der Waals surface area contributed by atoms with Gasteiger partial charge < -0.3 is 19.0 Å². The first-order valence-electron chi connectivity index (χ1n) is 13.2. The van der Waals surface area contributed by atoms with E-state index in [2.05, 4.69) is 33.9 Å². The molecule has 3 saturated carbocycles. The van der Waals surface area contributed by atoms with E-state index in [0.29, 0.717) is 17.9 Å². The van der Waals surface area contributed by atoms with Crippen molar-refractivity contribution in [3.8, 4) is 0 Å². The number of ketones is 1. The Bertz CT molecular complexity index is 825. The fraction of sp³-hybridized carbons (Fsp3) is 0.889. The fourth-order valence-electron chi connectivity index (χ4n) is 7.29. The first-order valence-corrected chi connectivity index (χ1v) is 16.1. The summed E-state index contributed by atoms with van der Waals surface area (Å²) in [7, 11) is -1.99. The molecule has 0 unspecified atom stereocenters. The molecule has 0 radical (unpaired) electrons. The number of carbonyl (C=O) groups excluding carboxylic acids is 1. The van der Waals surface area contributed by atoms with Gasteiger partial charge in [-0.2, -0.15) is 0 Å². The molecule has 6 atom stereocenters. The van der Waals surface area contributed by atoms with Gasteiger partial charge in [0, 0.05) is 12.0 Å². The molecule has 4 aliphatic rings. The minimum Gasteiger partial charge on any atom is -0.488 e. The molecule has 0 bridgehead atoms. The first-order chi connectivity index (χ1) is 15.2. The van der Waals surface area contributed by atoms with Crippen molar-refractivity contribution in [2.75, 3.05) is 0 Å². The highest BCUT2D eigenvalue weighted by Gasteiger charge is 2.80. The van der Waals surface area contributed by atoms with Crippen molar-refractivity contribution in [3.63, 3.8) is 0 Å². The zero-order valence-corrected chi connectivity index (χ0v) is 23.3. The summed E-state index contributed by atoms with van der Waals surface area (Å²) in [6.07, 6.45) is 5.38. The topological polar surface area (TPSA) is 65.0 Å². The lowest BCUT2D eigenvalue weighted by atomic mass is 9.68. The maximum absolute atomic E-state index is 14.2. The molecule has 0 aromatic rings. The minimum atomic E-state index is -1.99. The second-order valence-electron chi connectivity index (χ2n) is 13.1. The summed E-state index contributed by atoms with van der Waals surface area (Å²) in [5.74, 6) is 0.974. The average Bonchev–Trinajstić information content (AvgIpc) is 3.25.